The van der Waals surface area contributed by atoms with E-state index in [9.17, 15) is 0 Å². The molecule has 0 spiro atoms. The van der Waals surface area contributed by atoms with Crippen LogP contribution >= 0.6 is 24.8 Å². The van der Waals surface area contributed by atoms with Gasteiger partial charge in [0.1, 0.15) is 11.8 Å². The lowest BCUT2D eigenvalue weighted by atomic mass is 10.3. The maximum atomic E-state index is 8.40. The van der Waals surface area contributed by atoms with Gasteiger partial charge in [0.25, 0.3) is 0 Å². The third-order valence-electron chi connectivity index (χ3n) is 1.13. The van der Waals surface area contributed by atoms with Crippen molar-refractivity contribution in [1.82, 2.24) is 4.98 Å². The minimum absolute atomic E-state index is 0. The van der Waals surface area contributed by atoms with Crippen LogP contribution in [0.4, 0.5) is 0 Å². The Morgan fingerprint density at radius 2 is 2.08 bits per heavy atom. The van der Waals surface area contributed by atoms with Crippen LogP contribution in [0.15, 0.2) is 18.2 Å². The van der Waals surface area contributed by atoms with Crippen LogP contribution in [-0.4, -0.2) is 4.98 Å². The zero-order valence-corrected chi connectivity index (χ0v) is 7.86. The molecule has 0 aliphatic heterocycles. The number of aromatic nitrogens is 1. The molecule has 2 N–H and O–H groups in total. The van der Waals surface area contributed by atoms with Gasteiger partial charge in [-0.2, -0.15) is 5.26 Å². The molecule has 0 aliphatic rings. The van der Waals surface area contributed by atoms with Crippen LogP contribution in [0.25, 0.3) is 0 Å². The average Bonchev–Trinajstić information content (AvgIpc) is 2.05. The highest BCUT2D eigenvalue weighted by atomic mass is 35.5. The lowest BCUT2D eigenvalue weighted by Crippen LogP contribution is -1.99. The van der Waals surface area contributed by atoms with Crippen molar-refractivity contribution in [2.45, 2.75) is 6.54 Å². The summed E-state index contributed by atoms with van der Waals surface area (Å²) < 4.78 is 0. The molecule has 5 heteroatoms. The predicted octanol–water partition coefficient (Wildman–Crippen LogP) is 1.26. The van der Waals surface area contributed by atoms with Gasteiger partial charge in [-0.1, -0.05) is 6.07 Å². The highest BCUT2D eigenvalue weighted by molar-refractivity contribution is 5.85. The van der Waals surface area contributed by atoms with Gasteiger partial charge in [-0.25, -0.2) is 4.98 Å². The SMILES string of the molecule is Cl.Cl.N#Cc1cccc(CN)n1. The lowest BCUT2D eigenvalue weighted by molar-refractivity contribution is 0.982. The second kappa shape index (κ2) is 6.86. The summed E-state index contributed by atoms with van der Waals surface area (Å²) in [6.07, 6.45) is 0. The smallest absolute Gasteiger partial charge is 0.140 e. The van der Waals surface area contributed by atoms with Crippen LogP contribution in [0.5, 0.6) is 0 Å². The van der Waals surface area contributed by atoms with Gasteiger partial charge >= 0.3 is 0 Å². The summed E-state index contributed by atoms with van der Waals surface area (Å²) >= 11 is 0. The first-order valence-electron chi connectivity index (χ1n) is 2.93. The van der Waals surface area contributed by atoms with Crippen LogP contribution < -0.4 is 5.73 Å². The molecule has 0 amide bonds. The fourth-order valence-corrected chi connectivity index (χ4v) is 0.656. The summed E-state index contributed by atoms with van der Waals surface area (Å²) in [5, 5.41) is 8.40. The van der Waals surface area contributed by atoms with E-state index in [1.807, 2.05) is 6.07 Å². The van der Waals surface area contributed by atoms with Gasteiger partial charge < -0.3 is 5.73 Å². The van der Waals surface area contributed by atoms with Crippen LogP contribution in [0.2, 0.25) is 0 Å². The van der Waals surface area contributed by atoms with Crippen molar-refractivity contribution in [3.8, 4) is 6.07 Å². The summed E-state index contributed by atoms with van der Waals surface area (Å²) in [5.41, 5.74) is 6.47. The largest absolute Gasteiger partial charge is 0.325 e. The molecular formula is C7H9Cl2N3. The number of hydrogen-bond acceptors (Lipinski definition) is 3. The molecule has 12 heavy (non-hydrogen) atoms. The Labute approximate surface area is 83.4 Å². The highest BCUT2D eigenvalue weighted by Gasteiger charge is 1.91. The molecule has 0 atom stereocenters. The minimum Gasteiger partial charge on any atom is -0.325 e. The fourth-order valence-electron chi connectivity index (χ4n) is 0.656. The first kappa shape index (κ1) is 13.7. The molecule has 0 aliphatic carbocycles. The van der Waals surface area contributed by atoms with Crippen molar-refractivity contribution in [3.05, 3.63) is 29.6 Å². The van der Waals surface area contributed by atoms with Crippen molar-refractivity contribution in [3.63, 3.8) is 0 Å². The van der Waals surface area contributed by atoms with Crippen LogP contribution in [0.3, 0.4) is 0 Å². The Hall–Kier alpha value is -0.820. The molecule has 0 unspecified atom stereocenters. The molecule has 1 aromatic rings. The molecule has 1 heterocycles. The fraction of sp³-hybridized carbons (Fsp3) is 0.143. The molecule has 1 rings (SSSR count). The molecule has 66 valence electrons. The van der Waals surface area contributed by atoms with Crippen LogP contribution in [-0.2, 0) is 6.54 Å². The normalized spacial score (nSPS) is 7.33. The number of nitrogens with two attached hydrogens (primary N) is 1. The molecule has 1 aromatic heterocycles. The quantitative estimate of drug-likeness (QED) is 0.752. The van der Waals surface area contributed by atoms with Gasteiger partial charge in [-0.05, 0) is 12.1 Å². The van der Waals surface area contributed by atoms with E-state index in [0.717, 1.165) is 5.69 Å². The van der Waals surface area contributed by atoms with E-state index in [1.165, 1.54) is 0 Å². The van der Waals surface area contributed by atoms with Gasteiger partial charge in [0, 0.05) is 6.54 Å². The number of halogens is 2. The van der Waals surface area contributed by atoms with E-state index in [2.05, 4.69) is 4.98 Å². The number of nitrogens with zero attached hydrogens (tertiary/aromatic N) is 2. The summed E-state index contributed by atoms with van der Waals surface area (Å²) in [4.78, 5) is 3.92. The maximum Gasteiger partial charge on any atom is 0.140 e. The molecule has 0 saturated carbocycles. The average molecular weight is 206 g/mol. The van der Waals surface area contributed by atoms with Crippen molar-refractivity contribution in [1.29, 1.82) is 5.26 Å². The van der Waals surface area contributed by atoms with Crippen LogP contribution in [0, 0.1) is 11.3 Å². The standard InChI is InChI=1S/C7H7N3.2ClH/c8-4-6-2-1-3-7(5-9)10-6;;/h1-3H,4,8H2;2*1H. The van der Waals surface area contributed by atoms with E-state index in [1.54, 1.807) is 18.2 Å². The third-order valence-corrected chi connectivity index (χ3v) is 1.13. The van der Waals surface area contributed by atoms with E-state index in [0.29, 0.717) is 12.2 Å². The number of nitriles is 1. The Balaban J connectivity index is 0. The Morgan fingerprint density at radius 3 is 2.58 bits per heavy atom. The topological polar surface area (TPSA) is 62.7 Å². The molecule has 0 bridgehead atoms. The van der Waals surface area contributed by atoms with Crippen molar-refractivity contribution in [2.24, 2.45) is 5.73 Å². The predicted molar refractivity (Wildman–Crippen MR) is 51.3 cm³/mol. The van der Waals surface area contributed by atoms with E-state index < -0.39 is 0 Å². The third kappa shape index (κ3) is 3.54. The van der Waals surface area contributed by atoms with E-state index in [4.69, 9.17) is 11.0 Å². The lowest BCUT2D eigenvalue weighted by Gasteiger charge is -1.92. The van der Waals surface area contributed by atoms with Gasteiger partial charge in [0.05, 0.1) is 5.69 Å². The Bertz CT molecular complexity index is 270. The Morgan fingerprint density at radius 1 is 1.42 bits per heavy atom. The summed E-state index contributed by atoms with van der Waals surface area (Å²) in [6.45, 7) is 0.384. The number of hydrogen-bond donors (Lipinski definition) is 1. The van der Waals surface area contributed by atoms with Crippen LogP contribution in [0.1, 0.15) is 11.4 Å². The maximum absolute atomic E-state index is 8.40. The second-order valence-corrected chi connectivity index (χ2v) is 1.83. The zero-order valence-electron chi connectivity index (χ0n) is 6.23. The second-order valence-electron chi connectivity index (χ2n) is 1.83. The molecule has 0 fully saturated rings. The van der Waals surface area contributed by atoms with Crippen molar-refractivity contribution < 1.29 is 0 Å². The monoisotopic (exact) mass is 205 g/mol. The first-order valence-corrected chi connectivity index (χ1v) is 2.93. The molecule has 3 nitrogen and oxygen atoms in total. The summed E-state index contributed by atoms with van der Waals surface area (Å²) in [5.74, 6) is 0. The molecule has 0 aromatic carbocycles. The number of rotatable bonds is 1. The highest BCUT2D eigenvalue weighted by Crippen LogP contribution is 1.95. The Kier molecular flexibility index (Phi) is 7.86. The minimum atomic E-state index is 0. The first-order chi connectivity index (χ1) is 4.86. The number of pyridine rings is 1. The zero-order chi connectivity index (χ0) is 7.40. The van der Waals surface area contributed by atoms with Gasteiger partial charge in [-0.15, -0.1) is 24.8 Å². The van der Waals surface area contributed by atoms with E-state index >= 15 is 0 Å². The molecule has 0 radical (unpaired) electrons. The summed E-state index contributed by atoms with van der Waals surface area (Å²) in [7, 11) is 0. The van der Waals surface area contributed by atoms with Crippen molar-refractivity contribution >= 4 is 24.8 Å². The molecule has 0 saturated heterocycles. The van der Waals surface area contributed by atoms with Gasteiger partial charge in [-0.3, -0.25) is 0 Å². The summed E-state index contributed by atoms with van der Waals surface area (Å²) in [6, 6.07) is 7.15. The van der Waals surface area contributed by atoms with E-state index in [-0.39, 0.29) is 24.8 Å². The molecular weight excluding hydrogens is 197 g/mol. The van der Waals surface area contributed by atoms with Gasteiger partial charge in [0.15, 0.2) is 0 Å². The van der Waals surface area contributed by atoms with Gasteiger partial charge in [0.2, 0.25) is 0 Å². The van der Waals surface area contributed by atoms with Crippen molar-refractivity contribution in [2.75, 3.05) is 0 Å².